The van der Waals surface area contributed by atoms with Crippen LogP contribution < -0.4 is 22.5 Å². The smallest absolute Gasteiger partial charge is 0.332 e. The van der Waals surface area contributed by atoms with Crippen LogP contribution in [0.25, 0.3) is 21.3 Å². The van der Waals surface area contributed by atoms with Crippen molar-refractivity contribution in [3.63, 3.8) is 0 Å². The normalized spacial score (nSPS) is 11.2. The van der Waals surface area contributed by atoms with Gasteiger partial charge in [-0.15, -0.1) is 11.3 Å². The first-order valence-corrected chi connectivity index (χ1v) is 11.0. The first kappa shape index (κ1) is 22.3. The Hall–Kier alpha value is -3.86. The number of hydrogen-bond acceptors (Lipinski definition) is 7. The van der Waals surface area contributed by atoms with E-state index in [1.165, 1.54) is 41.4 Å². The van der Waals surface area contributed by atoms with E-state index in [0.29, 0.717) is 27.8 Å². The van der Waals surface area contributed by atoms with Crippen molar-refractivity contribution in [2.45, 2.75) is 26.4 Å². The van der Waals surface area contributed by atoms with Crippen LogP contribution in [-0.4, -0.2) is 24.5 Å². The third kappa shape index (κ3) is 3.80. The third-order valence-electron chi connectivity index (χ3n) is 5.34. The number of benzene rings is 1. The molecule has 0 spiro atoms. The number of anilines is 1. The van der Waals surface area contributed by atoms with E-state index in [-0.39, 0.29) is 17.9 Å². The Bertz CT molecular complexity index is 1560. The predicted molar refractivity (Wildman–Crippen MR) is 124 cm³/mol. The van der Waals surface area contributed by atoms with E-state index in [2.05, 4.69) is 4.98 Å². The second-order valence-electron chi connectivity index (χ2n) is 7.50. The predicted octanol–water partition coefficient (Wildman–Crippen LogP) is 2.00. The van der Waals surface area contributed by atoms with Crippen LogP contribution in [0.4, 0.5) is 10.2 Å². The molecule has 0 bridgehead atoms. The summed E-state index contributed by atoms with van der Waals surface area (Å²) in [7, 11) is 1.27. The van der Waals surface area contributed by atoms with Gasteiger partial charge in [0.1, 0.15) is 22.0 Å². The highest BCUT2D eigenvalue weighted by Crippen LogP contribution is 2.30. The van der Waals surface area contributed by atoms with E-state index in [1.54, 1.807) is 17.5 Å². The summed E-state index contributed by atoms with van der Waals surface area (Å²) in [6.45, 7) is 1.59. The summed E-state index contributed by atoms with van der Waals surface area (Å²) in [6.07, 6.45) is 1.80. The van der Waals surface area contributed by atoms with Gasteiger partial charge in [-0.2, -0.15) is 0 Å². The van der Waals surface area contributed by atoms with Crippen LogP contribution in [0, 0.1) is 5.82 Å². The topological polar surface area (TPSA) is 122 Å². The maximum Gasteiger partial charge on any atom is 0.332 e. The molecule has 0 amide bonds. The van der Waals surface area contributed by atoms with Crippen LogP contribution in [0.2, 0.25) is 0 Å². The van der Waals surface area contributed by atoms with E-state index in [1.807, 2.05) is 6.92 Å². The zero-order valence-electron chi connectivity index (χ0n) is 17.9. The Morgan fingerprint density at radius 2 is 1.85 bits per heavy atom. The summed E-state index contributed by atoms with van der Waals surface area (Å²) in [5.41, 5.74) is 4.96. The number of fused-ring (bicyclic) bond motifs is 1. The average Bonchev–Trinajstić information content (AvgIpc) is 3.23. The van der Waals surface area contributed by atoms with Crippen molar-refractivity contribution in [1.82, 2.24) is 18.7 Å². The lowest BCUT2D eigenvalue weighted by Crippen LogP contribution is -2.43. The molecule has 33 heavy (non-hydrogen) atoms. The van der Waals surface area contributed by atoms with Gasteiger partial charge in [0, 0.05) is 24.5 Å². The van der Waals surface area contributed by atoms with Crippen molar-refractivity contribution >= 4 is 33.2 Å². The van der Waals surface area contributed by atoms with Crippen molar-refractivity contribution in [3.05, 3.63) is 78.5 Å². The minimum absolute atomic E-state index is 0.223. The minimum Gasteiger partial charge on any atom is -0.384 e. The molecule has 0 aliphatic rings. The Morgan fingerprint density at radius 1 is 1.15 bits per heavy atom. The first-order valence-electron chi connectivity index (χ1n) is 10.1. The monoisotopic (exact) mass is 469 g/mol. The molecule has 0 radical (unpaired) electrons. The Kier molecular flexibility index (Phi) is 5.81. The number of nitrogen functional groups attached to an aromatic ring is 1. The molecule has 0 atom stereocenters. The molecule has 1 aromatic carbocycles. The fourth-order valence-corrected chi connectivity index (χ4v) is 4.55. The molecule has 0 fully saturated rings. The molecular weight excluding hydrogens is 449 g/mol. The first-order chi connectivity index (χ1) is 15.7. The van der Waals surface area contributed by atoms with Gasteiger partial charge in [-0.05, 0) is 24.1 Å². The second kappa shape index (κ2) is 8.58. The molecule has 0 saturated heterocycles. The Morgan fingerprint density at radius 3 is 2.52 bits per heavy atom. The maximum absolute atomic E-state index is 13.3. The van der Waals surface area contributed by atoms with Crippen LogP contribution in [0.3, 0.4) is 0 Å². The van der Waals surface area contributed by atoms with Crippen LogP contribution in [0.5, 0.6) is 0 Å². The number of aromatic nitrogens is 4. The highest BCUT2D eigenvalue weighted by molar-refractivity contribution is 7.17. The van der Waals surface area contributed by atoms with Crippen LogP contribution >= 0.6 is 11.3 Å². The molecular formula is C22H20FN5O4S. The van der Waals surface area contributed by atoms with Crippen LogP contribution in [0.15, 0.2) is 50.4 Å². The number of carbonyl (C=O) groups is 1. The molecule has 4 rings (SSSR count). The molecule has 0 aliphatic heterocycles. The quantitative estimate of drug-likeness (QED) is 0.431. The number of carbonyl (C=O) groups excluding carboxylic acids is 1. The average molecular weight is 469 g/mol. The summed E-state index contributed by atoms with van der Waals surface area (Å²) in [5, 5.41) is 2.03. The molecule has 3 aromatic heterocycles. The maximum atomic E-state index is 13.3. The number of thiophene rings is 1. The fourth-order valence-electron chi connectivity index (χ4n) is 3.64. The zero-order chi connectivity index (χ0) is 23.9. The summed E-state index contributed by atoms with van der Waals surface area (Å²) in [4.78, 5) is 56.0. The van der Waals surface area contributed by atoms with Crippen molar-refractivity contribution < 1.29 is 9.18 Å². The van der Waals surface area contributed by atoms with Gasteiger partial charge in [-0.3, -0.25) is 28.1 Å². The van der Waals surface area contributed by atoms with E-state index >= 15 is 0 Å². The van der Waals surface area contributed by atoms with Crippen LogP contribution in [-0.2, 0) is 20.1 Å². The molecule has 0 saturated carbocycles. The molecule has 0 unspecified atom stereocenters. The van der Waals surface area contributed by atoms with E-state index in [9.17, 15) is 23.6 Å². The zero-order valence-corrected chi connectivity index (χ0v) is 18.7. The summed E-state index contributed by atoms with van der Waals surface area (Å²) in [6, 6.07) is 5.70. The molecule has 3 heterocycles. The lowest BCUT2D eigenvalue weighted by Gasteiger charge is -2.14. The van der Waals surface area contributed by atoms with Crippen molar-refractivity contribution in [2.24, 2.45) is 7.05 Å². The van der Waals surface area contributed by atoms with Gasteiger partial charge < -0.3 is 5.73 Å². The molecule has 9 nitrogen and oxygen atoms in total. The van der Waals surface area contributed by atoms with Gasteiger partial charge >= 0.3 is 5.69 Å². The molecule has 11 heteroatoms. The van der Waals surface area contributed by atoms with Gasteiger partial charge in [0.25, 0.3) is 11.1 Å². The number of nitrogens with zero attached hydrogens (tertiary/aromatic N) is 4. The van der Waals surface area contributed by atoms with Crippen molar-refractivity contribution in [1.29, 1.82) is 0 Å². The number of rotatable bonds is 6. The second-order valence-corrected chi connectivity index (χ2v) is 8.35. The fraction of sp³-hybridized carbons (Fsp3) is 0.227. The third-order valence-corrected chi connectivity index (χ3v) is 6.23. The SMILES string of the molecule is CCCn1c(N)c(C(=O)Cn2cnc3scc(-c4ccc(F)cc4)c3c2=O)c(=O)n(C)c1=O. The van der Waals surface area contributed by atoms with E-state index < -0.39 is 35.0 Å². The van der Waals surface area contributed by atoms with Gasteiger partial charge in [0.2, 0.25) is 0 Å². The number of nitrogens with two attached hydrogens (primary N) is 1. The van der Waals surface area contributed by atoms with Crippen molar-refractivity contribution in [3.8, 4) is 11.1 Å². The van der Waals surface area contributed by atoms with E-state index in [4.69, 9.17) is 5.73 Å². The van der Waals surface area contributed by atoms with Gasteiger partial charge in [0.15, 0.2) is 5.78 Å². The van der Waals surface area contributed by atoms with Gasteiger partial charge in [-0.1, -0.05) is 19.1 Å². The highest BCUT2D eigenvalue weighted by Gasteiger charge is 2.23. The lowest BCUT2D eigenvalue weighted by molar-refractivity contribution is 0.0968. The van der Waals surface area contributed by atoms with Crippen LogP contribution in [0.1, 0.15) is 23.7 Å². The Labute approximate surface area is 190 Å². The molecule has 2 N–H and O–H groups in total. The summed E-state index contributed by atoms with van der Waals surface area (Å²) in [5.74, 6) is -1.33. The summed E-state index contributed by atoms with van der Waals surface area (Å²) >= 11 is 1.25. The molecule has 0 aliphatic carbocycles. The van der Waals surface area contributed by atoms with E-state index in [0.717, 1.165) is 9.13 Å². The number of hydrogen-bond donors (Lipinski definition) is 1. The highest BCUT2D eigenvalue weighted by atomic mass is 32.1. The number of ketones is 1. The number of Topliss-reactive ketones (excluding diaryl/α,β-unsaturated/α-hetero) is 1. The Balaban J connectivity index is 1.80. The number of halogens is 1. The standard InChI is InChI=1S/C22H20FN5O4S/c1-3-8-28-18(24)17(20(30)26(2)22(28)32)15(29)9-27-11-25-19-16(21(27)31)14(10-33-19)12-4-6-13(23)7-5-12/h4-7,10-11H,3,8-9,24H2,1-2H3. The molecule has 4 aromatic rings. The lowest BCUT2D eigenvalue weighted by atomic mass is 10.1. The van der Waals surface area contributed by atoms with Crippen molar-refractivity contribution in [2.75, 3.05) is 5.73 Å². The molecule has 170 valence electrons. The van der Waals surface area contributed by atoms with Gasteiger partial charge in [-0.25, -0.2) is 14.2 Å². The van der Waals surface area contributed by atoms with Gasteiger partial charge in [0.05, 0.1) is 18.3 Å². The largest absolute Gasteiger partial charge is 0.384 e. The summed E-state index contributed by atoms with van der Waals surface area (Å²) < 4.78 is 16.4. The minimum atomic E-state index is -0.820.